The predicted octanol–water partition coefficient (Wildman–Crippen LogP) is 1.93. The van der Waals surface area contributed by atoms with Crippen molar-refractivity contribution in [2.24, 2.45) is 0 Å². The Balaban J connectivity index is 2.94. The standard InChI is InChI=1S/C12H14N2O4/c1-3-7-18-12(17)14(4-2)10-8-9(11(15)16)5-6-13-10/h3,5-6,8H,1,4,7H2,2H3,(H,15,16). The molecule has 0 bridgehead atoms. The van der Waals surface area contributed by atoms with Gasteiger partial charge in [-0.3, -0.25) is 4.90 Å². The molecule has 1 amide bonds. The lowest BCUT2D eigenvalue weighted by atomic mass is 10.2. The highest BCUT2D eigenvalue weighted by atomic mass is 16.6. The van der Waals surface area contributed by atoms with Crippen molar-refractivity contribution in [2.75, 3.05) is 18.1 Å². The van der Waals surface area contributed by atoms with Crippen molar-refractivity contribution in [3.8, 4) is 0 Å². The van der Waals surface area contributed by atoms with Gasteiger partial charge in [0.05, 0.1) is 5.56 Å². The lowest BCUT2D eigenvalue weighted by molar-refractivity contribution is 0.0696. The van der Waals surface area contributed by atoms with E-state index in [1.807, 2.05) is 0 Å². The van der Waals surface area contributed by atoms with E-state index < -0.39 is 12.1 Å². The number of amides is 1. The molecule has 1 N–H and O–H groups in total. The molecule has 1 aromatic heterocycles. The highest BCUT2D eigenvalue weighted by Gasteiger charge is 2.17. The summed E-state index contributed by atoms with van der Waals surface area (Å²) in [6.45, 7) is 5.60. The van der Waals surface area contributed by atoms with E-state index in [0.29, 0.717) is 6.54 Å². The number of carbonyl (C=O) groups is 2. The summed E-state index contributed by atoms with van der Waals surface area (Å²) in [6.07, 6.45) is 2.20. The van der Waals surface area contributed by atoms with Gasteiger partial charge in [0.2, 0.25) is 0 Å². The predicted molar refractivity (Wildman–Crippen MR) is 65.8 cm³/mol. The SMILES string of the molecule is C=CCOC(=O)N(CC)c1cc(C(=O)O)ccn1. The third-order valence-corrected chi connectivity index (χ3v) is 2.13. The number of pyridine rings is 1. The lowest BCUT2D eigenvalue weighted by Crippen LogP contribution is -2.32. The number of carbonyl (C=O) groups excluding carboxylic acids is 1. The lowest BCUT2D eigenvalue weighted by Gasteiger charge is -2.19. The maximum absolute atomic E-state index is 11.7. The van der Waals surface area contributed by atoms with Crippen LogP contribution in [0.2, 0.25) is 0 Å². The highest BCUT2D eigenvalue weighted by molar-refractivity contribution is 5.91. The van der Waals surface area contributed by atoms with Crippen molar-refractivity contribution in [2.45, 2.75) is 6.92 Å². The number of nitrogens with zero attached hydrogens (tertiary/aromatic N) is 2. The molecule has 0 aliphatic heterocycles. The summed E-state index contributed by atoms with van der Waals surface area (Å²) in [4.78, 5) is 27.7. The molecule has 6 nitrogen and oxygen atoms in total. The molecule has 0 aliphatic rings. The topological polar surface area (TPSA) is 79.7 Å². The van der Waals surface area contributed by atoms with Gasteiger partial charge in [0.1, 0.15) is 12.4 Å². The Morgan fingerprint density at radius 1 is 1.61 bits per heavy atom. The van der Waals surface area contributed by atoms with E-state index in [9.17, 15) is 9.59 Å². The summed E-state index contributed by atoms with van der Waals surface area (Å²) < 4.78 is 4.88. The van der Waals surface area contributed by atoms with Crippen LogP contribution in [-0.4, -0.2) is 35.3 Å². The van der Waals surface area contributed by atoms with Crippen LogP contribution in [0.4, 0.5) is 10.6 Å². The smallest absolute Gasteiger partial charge is 0.415 e. The molecule has 1 rings (SSSR count). The van der Waals surface area contributed by atoms with Gasteiger partial charge in [-0.15, -0.1) is 0 Å². The number of carboxylic acids is 1. The minimum absolute atomic E-state index is 0.0648. The van der Waals surface area contributed by atoms with E-state index in [1.54, 1.807) is 6.92 Å². The number of ether oxygens (including phenoxy) is 1. The Morgan fingerprint density at radius 2 is 2.33 bits per heavy atom. The Bertz CT molecular complexity index is 459. The molecule has 96 valence electrons. The van der Waals surface area contributed by atoms with E-state index in [-0.39, 0.29) is 18.0 Å². The van der Waals surface area contributed by atoms with Crippen LogP contribution in [0.15, 0.2) is 31.0 Å². The maximum Gasteiger partial charge on any atom is 0.415 e. The minimum atomic E-state index is -1.07. The van der Waals surface area contributed by atoms with Crippen LogP contribution in [0, 0.1) is 0 Å². The first kappa shape index (κ1) is 13.7. The fourth-order valence-corrected chi connectivity index (χ4v) is 1.29. The minimum Gasteiger partial charge on any atom is -0.478 e. The fourth-order valence-electron chi connectivity index (χ4n) is 1.29. The van der Waals surface area contributed by atoms with Crippen LogP contribution in [-0.2, 0) is 4.74 Å². The zero-order valence-electron chi connectivity index (χ0n) is 10.00. The van der Waals surface area contributed by atoms with Crippen LogP contribution < -0.4 is 4.90 Å². The van der Waals surface area contributed by atoms with Gasteiger partial charge in [-0.05, 0) is 19.1 Å². The van der Waals surface area contributed by atoms with Gasteiger partial charge in [-0.25, -0.2) is 14.6 Å². The summed E-state index contributed by atoms with van der Waals surface area (Å²) >= 11 is 0. The number of rotatable bonds is 5. The molecule has 0 saturated carbocycles. The van der Waals surface area contributed by atoms with Crippen molar-refractivity contribution in [3.63, 3.8) is 0 Å². The molecule has 1 heterocycles. The summed E-state index contributed by atoms with van der Waals surface area (Å²) in [7, 11) is 0. The van der Waals surface area contributed by atoms with E-state index >= 15 is 0 Å². The van der Waals surface area contributed by atoms with Gasteiger partial charge in [0.15, 0.2) is 0 Å². The number of aromatic carboxylic acids is 1. The molecular weight excluding hydrogens is 236 g/mol. The molecule has 0 aliphatic carbocycles. The van der Waals surface area contributed by atoms with Gasteiger partial charge in [0, 0.05) is 12.7 Å². The molecule has 6 heteroatoms. The van der Waals surface area contributed by atoms with Crippen molar-refractivity contribution in [1.82, 2.24) is 4.98 Å². The Morgan fingerprint density at radius 3 is 2.89 bits per heavy atom. The van der Waals surface area contributed by atoms with Crippen molar-refractivity contribution < 1.29 is 19.4 Å². The Labute approximate surface area is 105 Å². The van der Waals surface area contributed by atoms with Gasteiger partial charge in [0.25, 0.3) is 0 Å². The van der Waals surface area contributed by atoms with Crippen molar-refractivity contribution >= 4 is 17.9 Å². The number of carboxylic acid groups (broad SMARTS) is 1. The van der Waals surface area contributed by atoms with E-state index in [0.717, 1.165) is 0 Å². The highest BCUT2D eigenvalue weighted by Crippen LogP contribution is 2.13. The molecule has 0 fully saturated rings. The normalized spacial score (nSPS) is 9.61. The third kappa shape index (κ3) is 3.31. The van der Waals surface area contributed by atoms with E-state index in [4.69, 9.17) is 9.84 Å². The zero-order valence-corrected chi connectivity index (χ0v) is 10.00. The molecule has 0 spiro atoms. The number of aromatic nitrogens is 1. The molecule has 0 saturated heterocycles. The van der Waals surface area contributed by atoms with Gasteiger partial charge in [-0.2, -0.15) is 0 Å². The summed E-state index contributed by atoms with van der Waals surface area (Å²) in [5.41, 5.74) is 0.0648. The van der Waals surface area contributed by atoms with Crippen LogP contribution in [0.25, 0.3) is 0 Å². The summed E-state index contributed by atoms with van der Waals surface area (Å²) in [5.74, 6) is -0.833. The van der Waals surface area contributed by atoms with E-state index in [1.165, 1.54) is 29.3 Å². The molecular formula is C12H14N2O4. The zero-order chi connectivity index (χ0) is 13.5. The molecule has 0 aromatic carbocycles. The molecule has 18 heavy (non-hydrogen) atoms. The first-order valence-electron chi connectivity index (χ1n) is 5.34. The second-order valence-electron chi connectivity index (χ2n) is 3.32. The maximum atomic E-state index is 11.7. The molecule has 1 aromatic rings. The summed E-state index contributed by atoms with van der Waals surface area (Å²) in [6, 6.07) is 2.68. The number of hydrogen-bond donors (Lipinski definition) is 1. The van der Waals surface area contributed by atoms with Crippen LogP contribution >= 0.6 is 0 Å². The molecule has 0 radical (unpaired) electrons. The number of hydrogen-bond acceptors (Lipinski definition) is 4. The average Bonchev–Trinajstić information content (AvgIpc) is 2.37. The molecule has 0 unspecified atom stereocenters. The van der Waals surface area contributed by atoms with Gasteiger partial charge < -0.3 is 9.84 Å². The van der Waals surface area contributed by atoms with Gasteiger partial charge >= 0.3 is 12.1 Å². The number of anilines is 1. The average molecular weight is 250 g/mol. The molecule has 0 atom stereocenters. The van der Waals surface area contributed by atoms with Gasteiger partial charge in [-0.1, -0.05) is 12.7 Å². The first-order valence-corrected chi connectivity index (χ1v) is 5.34. The monoisotopic (exact) mass is 250 g/mol. The largest absolute Gasteiger partial charge is 0.478 e. The quantitative estimate of drug-likeness (QED) is 0.807. The van der Waals surface area contributed by atoms with Crippen LogP contribution in [0.1, 0.15) is 17.3 Å². The third-order valence-electron chi connectivity index (χ3n) is 2.13. The van der Waals surface area contributed by atoms with Crippen molar-refractivity contribution in [1.29, 1.82) is 0 Å². The summed E-state index contributed by atoms with van der Waals surface area (Å²) in [5, 5.41) is 8.87. The van der Waals surface area contributed by atoms with E-state index in [2.05, 4.69) is 11.6 Å². The second kappa shape index (κ2) is 6.39. The fraction of sp³-hybridized carbons (Fsp3) is 0.250. The van der Waals surface area contributed by atoms with Crippen LogP contribution in [0.5, 0.6) is 0 Å². The Hall–Kier alpha value is -2.37. The van der Waals surface area contributed by atoms with Crippen LogP contribution in [0.3, 0.4) is 0 Å². The Kier molecular flexibility index (Phi) is 4.86. The van der Waals surface area contributed by atoms with Crippen molar-refractivity contribution in [3.05, 3.63) is 36.5 Å². The second-order valence-corrected chi connectivity index (χ2v) is 3.32. The first-order chi connectivity index (χ1) is 8.60.